The Morgan fingerprint density at radius 2 is 1.69 bits per heavy atom. The molecule has 0 aliphatic heterocycles. The van der Waals surface area contributed by atoms with E-state index in [1.54, 1.807) is 6.07 Å². The number of hydrogen-bond donors (Lipinski definition) is 1. The molecule has 2 N–H and O–H groups in total. The second-order valence-electron chi connectivity index (χ2n) is 3.41. The minimum absolute atomic E-state index is 0.507. The van der Waals surface area contributed by atoms with Gasteiger partial charge >= 0.3 is 0 Å². The molecule has 0 heterocycles. The Morgan fingerprint density at radius 3 is 2.38 bits per heavy atom. The van der Waals surface area contributed by atoms with Gasteiger partial charge < -0.3 is 10.5 Å². The molecule has 0 amide bonds. The van der Waals surface area contributed by atoms with Crippen LogP contribution in [0.5, 0.6) is 11.5 Å². The molecule has 0 atom stereocenters. The van der Waals surface area contributed by atoms with Crippen molar-refractivity contribution in [3.63, 3.8) is 0 Å². The molecule has 2 aromatic carbocycles. The number of rotatable bonds is 3. The van der Waals surface area contributed by atoms with Gasteiger partial charge in [0.1, 0.15) is 11.5 Å². The third-order valence-corrected chi connectivity index (χ3v) is 2.40. The van der Waals surface area contributed by atoms with E-state index in [2.05, 4.69) is 0 Å². The van der Waals surface area contributed by atoms with Crippen molar-refractivity contribution in [2.24, 2.45) is 5.73 Å². The number of ether oxygens (including phenoxy) is 1. The van der Waals surface area contributed by atoms with Crippen molar-refractivity contribution in [2.45, 2.75) is 6.54 Å². The molecule has 0 radical (unpaired) electrons. The fourth-order valence-electron chi connectivity index (χ4n) is 1.40. The lowest BCUT2D eigenvalue weighted by Crippen LogP contribution is -1.95. The Kier molecular flexibility index (Phi) is 3.44. The van der Waals surface area contributed by atoms with Crippen LogP contribution in [-0.4, -0.2) is 0 Å². The first kappa shape index (κ1) is 11.0. The molecule has 0 aliphatic rings. The van der Waals surface area contributed by atoms with Crippen LogP contribution in [0.3, 0.4) is 0 Å². The highest BCUT2D eigenvalue weighted by atomic mass is 35.5. The van der Waals surface area contributed by atoms with E-state index in [9.17, 15) is 0 Å². The van der Waals surface area contributed by atoms with Gasteiger partial charge in [-0.1, -0.05) is 29.8 Å². The number of nitrogens with two attached hydrogens (primary N) is 1. The van der Waals surface area contributed by atoms with Crippen molar-refractivity contribution < 1.29 is 4.74 Å². The van der Waals surface area contributed by atoms with Crippen LogP contribution in [0, 0.1) is 0 Å². The molecule has 82 valence electrons. The van der Waals surface area contributed by atoms with Gasteiger partial charge in [0, 0.05) is 11.6 Å². The van der Waals surface area contributed by atoms with Crippen LogP contribution in [0.4, 0.5) is 0 Å². The average Bonchev–Trinajstić information content (AvgIpc) is 2.29. The molecule has 0 saturated carbocycles. The normalized spacial score (nSPS) is 10.1. The molecule has 3 heteroatoms. The van der Waals surface area contributed by atoms with Gasteiger partial charge in [-0.3, -0.25) is 0 Å². The van der Waals surface area contributed by atoms with Crippen molar-refractivity contribution >= 4 is 11.6 Å². The molecule has 0 saturated heterocycles. The molecule has 2 aromatic rings. The Bertz CT molecular complexity index is 485. The van der Waals surface area contributed by atoms with Crippen molar-refractivity contribution in [1.29, 1.82) is 0 Å². The van der Waals surface area contributed by atoms with Crippen LogP contribution >= 0.6 is 11.6 Å². The predicted octanol–water partition coefficient (Wildman–Crippen LogP) is 3.59. The maximum atomic E-state index is 5.87. The Morgan fingerprint density at radius 1 is 1.00 bits per heavy atom. The fourth-order valence-corrected chi connectivity index (χ4v) is 1.58. The monoisotopic (exact) mass is 233 g/mol. The van der Waals surface area contributed by atoms with Gasteiger partial charge in [0.2, 0.25) is 0 Å². The summed E-state index contributed by atoms with van der Waals surface area (Å²) in [5.41, 5.74) is 6.60. The summed E-state index contributed by atoms with van der Waals surface area (Å²) in [4.78, 5) is 0. The van der Waals surface area contributed by atoms with E-state index in [-0.39, 0.29) is 0 Å². The van der Waals surface area contributed by atoms with E-state index in [1.165, 1.54) is 0 Å². The Labute approximate surface area is 99.6 Å². The summed E-state index contributed by atoms with van der Waals surface area (Å²) in [7, 11) is 0. The lowest BCUT2D eigenvalue weighted by atomic mass is 10.2. The largest absolute Gasteiger partial charge is 0.457 e. The van der Waals surface area contributed by atoms with E-state index >= 15 is 0 Å². The highest BCUT2D eigenvalue weighted by molar-refractivity contribution is 6.30. The Hall–Kier alpha value is -1.51. The molecule has 0 aromatic heterocycles. The van der Waals surface area contributed by atoms with E-state index in [4.69, 9.17) is 22.1 Å². The quantitative estimate of drug-likeness (QED) is 0.879. The van der Waals surface area contributed by atoms with Crippen molar-refractivity contribution in [1.82, 2.24) is 0 Å². The second kappa shape index (κ2) is 5.01. The van der Waals surface area contributed by atoms with Crippen LogP contribution in [-0.2, 0) is 6.54 Å². The van der Waals surface area contributed by atoms with Gasteiger partial charge in [0.25, 0.3) is 0 Å². The summed E-state index contributed by atoms with van der Waals surface area (Å²) in [5, 5.41) is 0.660. The predicted molar refractivity (Wildman–Crippen MR) is 65.9 cm³/mol. The van der Waals surface area contributed by atoms with Crippen LogP contribution < -0.4 is 10.5 Å². The molecule has 16 heavy (non-hydrogen) atoms. The summed E-state index contributed by atoms with van der Waals surface area (Å²) < 4.78 is 5.66. The highest BCUT2D eigenvalue weighted by Gasteiger charge is 1.98. The highest BCUT2D eigenvalue weighted by Crippen LogP contribution is 2.24. The topological polar surface area (TPSA) is 35.2 Å². The van der Waals surface area contributed by atoms with Crippen molar-refractivity contribution in [2.75, 3.05) is 0 Å². The standard InChI is InChI=1S/C13H12ClNO/c14-11-4-2-6-13(8-11)16-12-5-1-3-10(7-12)9-15/h1-8H,9,15H2. The van der Waals surface area contributed by atoms with E-state index in [0.29, 0.717) is 11.6 Å². The van der Waals surface area contributed by atoms with Crippen LogP contribution in [0.15, 0.2) is 48.5 Å². The zero-order valence-corrected chi connectivity index (χ0v) is 9.45. The van der Waals surface area contributed by atoms with Gasteiger partial charge in [0.15, 0.2) is 0 Å². The van der Waals surface area contributed by atoms with Crippen molar-refractivity contribution in [3.05, 3.63) is 59.1 Å². The fraction of sp³-hybridized carbons (Fsp3) is 0.0769. The lowest BCUT2D eigenvalue weighted by molar-refractivity contribution is 0.482. The van der Waals surface area contributed by atoms with E-state index in [1.807, 2.05) is 42.5 Å². The minimum atomic E-state index is 0.507. The van der Waals surface area contributed by atoms with Gasteiger partial charge in [0.05, 0.1) is 0 Å². The van der Waals surface area contributed by atoms with Gasteiger partial charge in [-0.25, -0.2) is 0 Å². The SMILES string of the molecule is NCc1cccc(Oc2cccc(Cl)c2)c1. The van der Waals surface area contributed by atoms with Gasteiger partial charge in [-0.15, -0.1) is 0 Å². The first-order chi connectivity index (χ1) is 7.78. The molecular formula is C13H12ClNO. The van der Waals surface area contributed by atoms with Crippen LogP contribution in [0.25, 0.3) is 0 Å². The van der Waals surface area contributed by atoms with Crippen LogP contribution in [0.2, 0.25) is 5.02 Å². The summed E-state index contributed by atoms with van der Waals surface area (Å²) in [6.45, 7) is 0.507. The van der Waals surface area contributed by atoms with Gasteiger partial charge in [-0.2, -0.15) is 0 Å². The summed E-state index contributed by atoms with van der Waals surface area (Å²) >= 11 is 5.87. The smallest absolute Gasteiger partial charge is 0.128 e. The zero-order chi connectivity index (χ0) is 11.4. The summed E-state index contributed by atoms with van der Waals surface area (Å²) in [6.07, 6.45) is 0. The summed E-state index contributed by atoms with van der Waals surface area (Å²) in [6, 6.07) is 15.0. The number of halogens is 1. The van der Waals surface area contributed by atoms with E-state index in [0.717, 1.165) is 17.1 Å². The first-order valence-electron chi connectivity index (χ1n) is 5.00. The maximum absolute atomic E-state index is 5.87. The van der Waals surface area contributed by atoms with Crippen molar-refractivity contribution in [3.8, 4) is 11.5 Å². The average molecular weight is 234 g/mol. The van der Waals surface area contributed by atoms with Crippen LogP contribution in [0.1, 0.15) is 5.56 Å². The molecule has 0 fully saturated rings. The Balaban J connectivity index is 2.20. The molecule has 0 bridgehead atoms. The number of hydrogen-bond acceptors (Lipinski definition) is 2. The molecule has 0 spiro atoms. The second-order valence-corrected chi connectivity index (χ2v) is 3.85. The van der Waals surface area contributed by atoms with E-state index < -0.39 is 0 Å². The first-order valence-corrected chi connectivity index (χ1v) is 5.38. The third-order valence-electron chi connectivity index (χ3n) is 2.17. The number of benzene rings is 2. The third kappa shape index (κ3) is 2.75. The summed E-state index contributed by atoms with van der Waals surface area (Å²) in [5.74, 6) is 1.49. The maximum Gasteiger partial charge on any atom is 0.128 e. The molecule has 2 nitrogen and oxygen atoms in total. The zero-order valence-electron chi connectivity index (χ0n) is 8.69. The lowest BCUT2D eigenvalue weighted by Gasteiger charge is -2.06. The van der Waals surface area contributed by atoms with Gasteiger partial charge in [-0.05, 0) is 35.9 Å². The molecular weight excluding hydrogens is 222 g/mol. The molecule has 0 unspecified atom stereocenters. The minimum Gasteiger partial charge on any atom is -0.457 e. The molecule has 2 rings (SSSR count). The molecule has 0 aliphatic carbocycles.